The molecule has 3 rings (SSSR count). The molecular weight excluding hydrogens is 324 g/mol. The average molecular weight is 357 g/mol. The maximum atomic E-state index is 13.0. The van der Waals surface area contributed by atoms with Gasteiger partial charge in [-0.2, -0.15) is 0 Å². The van der Waals surface area contributed by atoms with Gasteiger partial charge in [-0.15, -0.1) is 0 Å². The van der Waals surface area contributed by atoms with Gasteiger partial charge in [0, 0.05) is 18.3 Å². The third-order valence-corrected chi connectivity index (χ3v) is 6.37. The van der Waals surface area contributed by atoms with Gasteiger partial charge in [-0.3, -0.25) is 9.59 Å². The van der Waals surface area contributed by atoms with E-state index in [1.165, 1.54) is 6.42 Å². The van der Waals surface area contributed by atoms with Crippen molar-refractivity contribution in [2.75, 3.05) is 0 Å². The van der Waals surface area contributed by atoms with E-state index in [2.05, 4.69) is 27.7 Å². The summed E-state index contributed by atoms with van der Waals surface area (Å²) < 4.78 is 6.05. The molecular formula is C23H32O3. The fourth-order valence-electron chi connectivity index (χ4n) is 4.87. The van der Waals surface area contributed by atoms with E-state index in [9.17, 15) is 9.59 Å². The topological polar surface area (TPSA) is 43.4 Å². The second-order valence-corrected chi connectivity index (χ2v) is 9.37. The molecule has 0 aliphatic heterocycles. The van der Waals surface area contributed by atoms with Crippen molar-refractivity contribution in [3.8, 4) is 0 Å². The van der Waals surface area contributed by atoms with Crippen molar-refractivity contribution in [3.05, 3.63) is 35.9 Å². The molecule has 2 aliphatic carbocycles. The Labute approximate surface area is 157 Å². The van der Waals surface area contributed by atoms with Gasteiger partial charge in [0.15, 0.2) is 0 Å². The molecule has 5 atom stereocenters. The Kier molecular flexibility index (Phi) is 5.55. The van der Waals surface area contributed by atoms with Crippen molar-refractivity contribution >= 4 is 11.8 Å². The Morgan fingerprint density at radius 3 is 2.42 bits per heavy atom. The van der Waals surface area contributed by atoms with Crippen LogP contribution in [0.3, 0.4) is 0 Å². The molecule has 0 saturated heterocycles. The first-order valence-electron chi connectivity index (χ1n) is 10.1. The maximum absolute atomic E-state index is 13.0. The van der Waals surface area contributed by atoms with Crippen LogP contribution in [0.1, 0.15) is 71.3 Å². The molecule has 3 nitrogen and oxygen atoms in total. The molecule has 0 bridgehead atoms. The SMILES string of the molecule is C[C@@H]1CC[C@@H](C(C)(C)C)[C@H](OC(=O)C2C(=O)CC[C@@H]2c2ccccc2)C1. The molecule has 1 unspecified atom stereocenters. The summed E-state index contributed by atoms with van der Waals surface area (Å²) in [5.41, 5.74) is 1.17. The third kappa shape index (κ3) is 4.02. The molecule has 3 heteroatoms. The first-order valence-corrected chi connectivity index (χ1v) is 10.1. The molecule has 142 valence electrons. The highest BCUT2D eigenvalue weighted by molar-refractivity contribution is 6.01. The molecule has 0 N–H and O–H groups in total. The molecule has 26 heavy (non-hydrogen) atoms. The lowest BCUT2D eigenvalue weighted by Crippen LogP contribution is -2.42. The zero-order chi connectivity index (χ0) is 18.9. The summed E-state index contributed by atoms with van der Waals surface area (Å²) in [7, 11) is 0. The van der Waals surface area contributed by atoms with E-state index in [0.29, 0.717) is 18.3 Å². The third-order valence-electron chi connectivity index (χ3n) is 6.37. The van der Waals surface area contributed by atoms with E-state index in [1.54, 1.807) is 0 Å². The number of hydrogen-bond acceptors (Lipinski definition) is 3. The van der Waals surface area contributed by atoms with Crippen LogP contribution in [-0.4, -0.2) is 17.9 Å². The van der Waals surface area contributed by atoms with E-state index in [-0.39, 0.29) is 29.2 Å². The zero-order valence-electron chi connectivity index (χ0n) is 16.5. The number of esters is 1. The van der Waals surface area contributed by atoms with Gasteiger partial charge in [0.1, 0.15) is 17.8 Å². The molecule has 2 saturated carbocycles. The van der Waals surface area contributed by atoms with Gasteiger partial charge >= 0.3 is 5.97 Å². The van der Waals surface area contributed by atoms with E-state index < -0.39 is 5.92 Å². The minimum atomic E-state index is -0.629. The van der Waals surface area contributed by atoms with Crippen LogP contribution < -0.4 is 0 Å². The second kappa shape index (κ2) is 7.54. The highest BCUT2D eigenvalue weighted by atomic mass is 16.5. The summed E-state index contributed by atoms with van der Waals surface area (Å²) in [5, 5.41) is 0. The highest BCUT2D eigenvalue weighted by Gasteiger charge is 2.45. The smallest absolute Gasteiger partial charge is 0.317 e. The van der Waals surface area contributed by atoms with E-state index in [1.807, 2.05) is 30.3 Å². The number of rotatable bonds is 3. The maximum Gasteiger partial charge on any atom is 0.317 e. The van der Waals surface area contributed by atoms with Crippen LogP contribution >= 0.6 is 0 Å². The Morgan fingerprint density at radius 2 is 1.77 bits per heavy atom. The van der Waals surface area contributed by atoms with Crippen LogP contribution in [0.15, 0.2) is 30.3 Å². The lowest BCUT2D eigenvalue weighted by Gasteiger charge is -2.42. The quantitative estimate of drug-likeness (QED) is 0.556. The van der Waals surface area contributed by atoms with Gasteiger partial charge in [-0.05, 0) is 36.2 Å². The molecule has 0 heterocycles. The van der Waals surface area contributed by atoms with Gasteiger partial charge in [-0.25, -0.2) is 0 Å². The van der Waals surface area contributed by atoms with Gasteiger partial charge < -0.3 is 4.74 Å². The summed E-state index contributed by atoms with van der Waals surface area (Å²) >= 11 is 0. The van der Waals surface area contributed by atoms with E-state index >= 15 is 0 Å². The fraction of sp³-hybridized carbons (Fsp3) is 0.652. The molecule has 0 radical (unpaired) electrons. The molecule has 0 aromatic heterocycles. The summed E-state index contributed by atoms with van der Waals surface area (Å²) in [5.74, 6) is 0.000190. The predicted octanol–water partition coefficient (Wildman–Crippen LogP) is 5.14. The first kappa shape index (κ1) is 19.1. The van der Waals surface area contributed by atoms with Crippen LogP contribution in [0.25, 0.3) is 0 Å². The molecule has 1 aromatic rings. The largest absolute Gasteiger partial charge is 0.461 e. The first-order chi connectivity index (χ1) is 12.3. The van der Waals surface area contributed by atoms with Crippen molar-refractivity contribution in [2.24, 2.45) is 23.2 Å². The Balaban J connectivity index is 1.77. The van der Waals surface area contributed by atoms with Crippen LogP contribution in [-0.2, 0) is 14.3 Å². The predicted molar refractivity (Wildman–Crippen MR) is 103 cm³/mol. The Morgan fingerprint density at radius 1 is 1.08 bits per heavy atom. The number of carbonyl (C=O) groups is 2. The van der Waals surface area contributed by atoms with Crippen molar-refractivity contribution in [1.82, 2.24) is 0 Å². The normalized spacial score (nSPS) is 32.5. The minimum Gasteiger partial charge on any atom is -0.461 e. The molecule has 2 aliphatic rings. The van der Waals surface area contributed by atoms with Gasteiger partial charge in [0.05, 0.1) is 0 Å². The number of ketones is 1. The number of Topliss-reactive ketones (excluding diaryl/α,β-unsaturated/α-hetero) is 1. The number of benzene rings is 1. The van der Waals surface area contributed by atoms with Gasteiger partial charge in [-0.1, -0.05) is 64.4 Å². The second-order valence-electron chi connectivity index (χ2n) is 9.37. The zero-order valence-corrected chi connectivity index (χ0v) is 16.5. The van der Waals surface area contributed by atoms with Crippen molar-refractivity contribution in [2.45, 2.75) is 71.8 Å². The monoisotopic (exact) mass is 356 g/mol. The van der Waals surface area contributed by atoms with Crippen LogP contribution in [0.4, 0.5) is 0 Å². The molecule has 0 amide bonds. The summed E-state index contributed by atoms with van der Waals surface area (Å²) in [4.78, 5) is 25.5. The Bertz CT molecular complexity index is 643. The molecule has 1 aromatic carbocycles. The number of ether oxygens (including phenoxy) is 1. The van der Waals surface area contributed by atoms with E-state index in [4.69, 9.17) is 4.74 Å². The summed E-state index contributed by atoms with van der Waals surface area (Å²) in [6.07, 6.45) is 4.32. The minimum absolute atomic E-state index is 0.0368. The van der Waals surface area contributed by atoms with Gasteiger partial charge in [0.25, 0.3) is 0 Å². The average Bonchev–Trinajstić information content (AvgIpc) is 2.96. The van der Waals surface area contributed by atoms with Crippen LogP contribution in [0.5, 0.6) is 0 Å². The summed E-state index contributed by atoms with van der Waals surface area (Å²) in [6.45, 7) is 8.90. The standard InChI is InChI=1S/C23H32O3/c1-15-10-12-18(23(2,3)4)20(14-15)26-22(25)21-17(11-13-19(21)24)16-8-6-5-7-9-16/h5-9,15,17-18,20-21H,10-14H2,1-4H3/t15-,17-,18-,20-,21?/m1/s1. The van der Waals surface area contributed by atoms with E-state index in [0.717, 1.165) is 24.8 Å². The van der Waals surface area contributed by atoms with Crippen LogP contribution in [0.2, 0.25) is 0 Å². The molecule has 0 spiro atoms. The van der Waals surface area contributed by atoms with Crippen molar-refractivity contribution in [1.29, 1.82) is 0 Å². The fourth-order valence-corrected chi connectivity index (χ4v) is 4.87. The number of carbonyl (C=O) groups excluding carboxylic acids is 2. The lowest BCUT2D eigenvalue weighted by atomic mass is 9.68. The van der Waals surface area contributed by atoms with Crippen molar-refractivity contribution in [3.63, 3.8) is 0 Å². The van der Waals surface area contributed by atoms with Crippen LogP contribution in [0, 0.1) is 23.2 Å². The highest BCUT2D eigenvalue weighted by Crippen LogP contribution is 2.43. The number of hydrogen-bond donors (Lipinski definition) is 0. The van der Waals surface area contributed by atoms with Crippen molar-refractivity contribution < 1.29 is 14.3 Å². The lowest BCUT2D eigenvalue weighted by molar-refractivity contribution is -0.164. The van der Waals surface area contributed by atoms with Gasteiger partial charge in [0.2, 0.25) is 0 Å². The summed E-state index contributed by atoms with van der Waals surface area (Å²) in [6, 6.07) is 9.94. The molecule has 2 fully saturated rings. The Hall–Kier alpha value is -1.64.